The molecule has 0 N–H and O–H groups in total. The molecule has 2 unspecified atom stereocenters. The molecule has 0 bridgehead atoms. The van der Waals surface area contributed by atoms with Gasteiger partial charge in [0.1, 0.15) is 30.1 Å². The Bertz CT molecular complexity index is 1850. The van der Waals surface area contributed by atoms with Gasteiger partial charge in [-0.3, -0.25) is 0 Å². The number of carbonyl (C=O) groups is 2. The molecule has 2 aromatic carbocycles. The van der Waals surface area contributed by atoms with Crippen LogP contribution < -0.4 is 0 Å². The summed E-state index contributed by atoms with van der Waals surface area (Å²) in [5.41, 5.74) is -0.550. The summed E-state index contributed by atoms with van der Waals surface area (Å²) >= 11 is 1.28. The van der Waals surface area contributed by atoms with E-state index in [1.165, 1.54) is 53.4 Å². The minimum absolute atomic E-state index is 0.153. The smallest absolute Gasteiger partial charge is 0.425 e. The largest absolute Gasteiger partial charge is 0.512 e. The minimum atomic E-state index is -1.85. The van der Waals surface area contributed by atoms with Crippen molar-refractivity contribution in [2.24, 2.45) is 0 Å². The average Bonchev–Trinajstić information content (AvgIpc) is 3.65. The zero-order valence-electron chi connectivity index (χ0n) is 29.0. The number of allylic oxidation sites excluding steroid dienone is 2. The molecule has 280 valence electrons. The van der Waals surface area contributed by atoms with Crippen LogP contribution in [0.15, 0.2) is 78.9 Å². The normalized spacial score (nSPS) is 19.7. The van der Waals surface area contributed by atoms with E-state index in [0.29, 0.717) is 24.5 Å². The van der Waals surface area contributed by atoms with Crippen LogP contribution in [0.3, 0.4) is 0 Å². The van der Waals surface area contributed by atoms with Crippen LogP contribution in [0.1, 0.15) is 36.5 Å². The predicted molar refractivity (Wildman–Crippen MR) is 187 cm³/mol. The van der Waals surface area contributed by atoms with Gasteiger partial charge in [-0.25, -0.2) is 32.4 Å². The van der Waals surface area contributed by atoms with Crippen LogP contribution in [0, 0.1) is 28.8 Å². The second-order valence-corrected chi connectivity index (χ2v) is 14.0. The molecule has 53 heavy (non-hydrogen) atoms. The molecule has 0 aliphatic carbocycles. The van der Waals surface area contributed by atoms with Gasteiger partial charge >= 0.3 is 12.1 Å². The maximum atomic E-state index is 15.6. The molecule has 16 heteroatoms. The Morgan fingerprint density at radius 2 is 1.87 bits per heavy atom. The summed E-state index contributed by atoms with van der Waals surface area (Å²) in [7, 11) is 1.99. The fourth-order valence-electron chi connectivity index (χ4n) is 5.70. The summed E-state index contributed by atoms with van der Waals surface area (Å²) in [4.78, 5) is 31.7. The van der Waals surface area contributed by atoms with Gasteiger partial charge in [-0.2, -0.15) is 10.4 Å². The summed E-state index contributed by atoms with van der Waals surface area (Å²) < 4.78 is 73.1. The van der Waals surface area contributed by atoms with Gasteiger partial charge in [0, 0.05) is 41.6 Å². The Balaban J connectivity index is 1.26. The van der Waals surface area contributed by atoms with Gasteiger partial charge in [-0.05, 0) is 57.2 Å². The Kier molecular flexibility index (Phi) is 13.9. The summed E-state index contributed by atoms with van der Waals surface area (Å²) in [6.45, 7) is 2.70. The maximum Gasteiger partial charge on any atom is 0.512 e. The highest BCUT2D eigenvalue weighted by Gasteiger charge is 2.47. The van der Waals surface area contributed by atoms with Gasteiger partial charge in [0.2, 0.25) is 6.79 Å². The molecule has 0 spiro atoms. The Morgan fingerprint density at radius 3 is 2.55 bits per heavy atom. The van der Waals surface area contributed by atoms with Crippen molar-refractivity contribution in [2.75, 3.05) is 40.1 Å². The van der Waals surface area contributed by atoms with Crippen molar-refractivity contribution in [1.82, 2.24) is 19.7 Å². The van der Waals surface area contributed by atoms with E-state index < -0.39 is 53.5 Å². The highest BCUT2D eigenvalue weighted by atomic mass is 32.2. The number of esters is 1. The van der Waals surface area contributed by atoms with E-state index in [4.69, 9.17) is 28.9 Å². The molecule has 2 aliphatic heterocycles. The number of piperidine rings is 1. The minimum Gasteiger partial charge on any atom is -0.425 e. The van der Waals surface area contributed by atoms with Crippen LogP contribution in [0.4, 0.5) is 18.0 Å². The van der Waals surface area contributed by atoms with Crippen molar-refractivity contribution >= 4 is 30.0 Å². The van der Waals surface area contributed by atoms with Crippen molar-refractivity contribution in [2.45, 2.75) is 48.7 Å². The van der Waals surface area contributed by atoms with E-state index in [1.807, 2.05) is 13.1 Å². The van der Waals surface area contributed by atoms with Crippen molar-refractivity contribution in [3.63, 3.8) is 0 Å². The molecular formula is C37H38F3N5O7S. The fraction of sp³-hybridized carbons (Fsp3) is 0.378. The zero-order valence-corrected chi connectivity index (χ0v) is 29.8. The number of benzene rings is 2. The number of nitrogens with zero attached hydrogens (tertiary/aromatic N) is 5. The summed E-state index contributed by atoms with van der Waals surface area (Å²) in [5.74, 6) is -3.01. The lowest BCUT2D eigenvalue weighted by atomic mass is 9.89. The van der Waals surface area contributed by atoms with Gasteiger partial charge in [0.15, 0.2) is 11.9 Å². The van der Waals surface area contributed by atoms with Gasteiger partial charge in [-0.1, -0.05) is 29.9 Å². The van der Waals surface area contributed by atoms with Crippen LogP contribution in [-0.4, -0.2) is 88.7 Å². The predicted octanol–water partition coefficient (Wildman–Crippen LogP) is 5.90. The quantitative estimate of drug-likeness (QED) is 0.0889. The van der Waals surface area contributed by atoms with Gasteiger partial charge in [0.25, 0.3) is 0 Å². The van der Waals surface area contributed by atoms with E-state index in [-0.39, 0.29) is 36.1 Å². The van der Waals surface area contributed by atoms with Crippen LogP contribution >= 0.6 is 11.8 Å². The number of hydrogen-bond acceptors (Lipinski definition) is 12. The topological polar surface area (TPSA) is 138 Å². The number of carbonyl (C=O) groups excluding carboxylic acids is 2. The molecule has 5 rings (SSSR count). The average molecular weight is 754 g/mol. The molecule has 0 amide bonds. The monoisotopic (exact) mass is 753 g/mol. The number of rotatable bonds is 13. The fourth-order valence-corrected chi connectivity index (χ4v) is 7.06. The standard InChI is InChI=1S/C37H38F3N5O7S/c1-25(53-30-19-48-35(49-20-30)6-4-3-5-28-8-7-27(18-41)15-32(28)39)37(21-45-23-42-22-43-45,31-10-9-29(38)17-33(31)40)52-36(47)51-24-50-34(46)16-26-11-13-44(2)14-12-26/h3-10,15-17,22-23,25,30,35H,11-14,19-21,24H2,1-2H3. The maximum absolute atomic E-state index is 15.6. The van der Waals surface area contributed by atoms with E-state index in [9.17, 15) is 18.4 Å². The number of thioether (sulfide) groups is 1. The first-order valence-corrected chi connectivity index (χ1v) is 17.6. The lowest BCUT2D eigenvalue weighted by Gasteiger charge is -2.40. The van der Waals surface area contributed by atoms with Gasteiger partial charge in [0.05, 0.1) is 36.6 Å². The number of hydrogen-bond donors (Lipinski definition) is 0. The highest BCUT2D eigenvalue weighted by Crippen LogP contribution is 2.42. The van der Waals surface area contributed by atoms with Crippen LogP contribution in [0.25, 0.3) is 6.08 Å². The number of aromatic nitrogens is 3. The third kappa shape index (κ3) is 11.0. The van der Waals surface area contributed by atoms with Crippen molar-refractivity contribution < 1.29 is 46.4 Å². The molecule has 3 aromatic rings. The van der Waals surface area contributed by atoms with Crippen molar-refractivity contribution in [3.8, 4) is 6.07 Å². The second-order valence-electron chi connectivity index (χ2n) is 12.3. The first-order chi connectivity index (χ1) is 25.5. The third-order valence-corrected chi connectivity index (χ3v) is 10.0. The molecule has 1 aromatic heterocycles. The van der Waals surface area contributed by atoms with Gasteiger partial charge in [-0.15, -0.1) is 11.8 Å². The third-order valence-electron chi connectivity index (χ3n) is 8.58. The van der Waals surface area contributed by atoms with Crippen molar-refractivity contribution in [3.05, 3.63) is 113 Å². The summed E-state index contributed by atoms with van der Waals surface area (Å²) in [6.07, 6.45) is 9.88. The SMILES string of the molecule is CC(SC1COC(C=CC=Cc2ccc(C#N)cc2F)OC1)C(Cn1cncn1)(OC(=O)OCOC(=O)C=C1CCN(C)CC1)c1ccc(F)cc1F. The lowest BCUT2D eigenvalue weighted by Crippen LogP contribution is -2.47. The first-order valence-electron chi connectivity index (χ1n) is 16.7. The zero-order chi connectivity index (χ0) is 37.8. The molecule has 2 aliphatic rings. The van der Waals surface area contributed by atoms with Crippen LogP contribution in [-0.2, 0) is 40.6 Å². The number of halogens is 3. The molecule has 2 saturated heterocycles. The Labute approximate surface area is 308 Å². The second kappa shape index (κ2) is 18.7. The number of likely N-dealkylation sites (tertiary alicyclic amines) is 1. The molecular weight excluding hydrogens is 715 g/mol. The van der Waals surface area contributed by atoms with Crippen molar-refractivity contribution in [1.29, 1.82) is 5.26 Å². The Morgan fingerprint density at radius 1 is 1.09 bits per heavy atom. The van der Waals surface area contributed by atoms with E-state index in [2.05, 4.69) is 15.0 Å². The van der Waals surface area contributed by atoms with E-state index in [1.54, 1.807) is 31.2 Å². The Hall–Kier alpha value is -4.95. The first kappa shape index (κ1) is 39.3. The molecule has 0 saturated carbocycles. The van der Waals surface area contributed by atoms with E-state index >= 15 is 4.39 Å². The van der Waals surface area contributed by atoms with Crippen LogP contribution in [0.5, 0.6) is 0 Å². The summed E-state index contributed by atoms with van der Waals surface area (Å²) in [6, 6.07) is 8.98. The summed E-state index contributed by atoms with van der Waals surface area (Å²) in [5, 5.41) is 12.0. The van der Waals surface area contributed by atoms with Crippen LogP contribution in [0.2, 0.25) is 0 Å². The lowest BCUT2D eigenvalue weighted by molar-refractivity contribution is -0.149. The number of ether oxygens (including phenoxy) is 5. The van der Waals surface area contributed by atoms with Gasteiger partial charge < -0.3 is 28.6 Å². The van der Waals surface area contributed by atoms with E-state index in [0.717, 1.165) is 30.8 Å². The highest BCUT2D eigenvalue weighted by molar-refractivity contribution is 8.00. The molecule has 12 nitrogen and oxygen atoms in total. The molecule has 2 fully saturated rings. The number of nitriles is 1. The molecule has 0 radical (unpaired) electrons. The molecule has 2 atom stereocenters. The molecule has 3 heterocycles.